The number of H-pyrrole nitrogens is 1. The fourth-order valence-corrected chi connectivity index (χ4v) is 3.57. The average molecular weight is 374 g/mol. The molecule has 0 aliphatic carbocycles. The quantitative estimate of drug-likeness (QED) is 0.466. The van der Waals surface area contributed by atoms with Crippen LogP contribution < -0.4 is 10.2 Å². The standard InChI is InChI=1S/C22H26N6/c1-4-12-28(13-5-2)22-24-15(3)23-21(27-22)25-16-10-11-20-18(14-16)17-8-6-7-9-19(17)26-20/h6-11,14,26H,4-5,12-13H2,1-3H3,(H,23,24,25,27). The molecule has 6 heteroatoms. The number of hydrogen-bond acceptors (Lipinski definition) is 5. The summed E-state index contributed by atoms with van der Waals surface area (Å²) in [5.41, 5.74) is 3.23. The fourth-order valence-electron chi connectivity index (χ4n) is 3.57. The molecule has 4 rings (SSSR count). The first-order valence-electron chi connectivity index (χ1n) is 9.93. The zero-order valence-electron chi connectivity index (χ0n) is 16.7. The molecule has 4 aromatic rings. The van der Waals surface area contributed by atoms with Gasteiger partial charge in [-0.25, -0.2) is 0 Å². The van der Waals surface area contributed by atoms with Crippen molar-refractivity contribution in [3.8, 4) is 0 Å². The molecular weight excluding hydrogens is 348 g/mol. The Balaban J connectivity index is 1.67. The first-order valence-corrected chi connectivity index (χ1v) is 9.93. The number of hydrogen-bond donors (Lipinski definition) is 2. The molecule has 0 aliphatic rings. The number of rotatable bonds is 7. The molecule has 144 valence electrons. The van der Waals surface area contributed by atoms with E-state index in [1.54, 1.807) is 0 Å². The minimum Gasteiger partial charge on any atom is -0.355 e. The molecule has 28 heavy (non-hydrogen) atoms. The summed E-state index contributed by atoms with van der Waals surface area (Å²) in [5, 5.41) is 5.77. The van der Waals surface area contributed by atoms with E-state index in [2.05, 4.69) is 74.3 Å². The second-order valence-electron chi connectivity index (χ2n) is 7.05. The maximum atomic E-state index is 4.68. The summed E-state index contributed by atoms with van der Waals surface area (Å²) in [6, 6.07) is 14.6. The lowest BCUT2D eigenvalue weighted by molar-refractivity contribution is 0.715. The normalized spacial score (nSPS) is 11.2. The number of aromatic amines is 1. The molecule has 0 saturated heterocycles. The second kappa shape index (κ2) is 7.84. The maximum absolute atomic E-state index is 4.68. The molecule has 0 aliphatic heterocycles. The van der Waals surface area contributed by atoms with Gasteiger partial charge in [0.2, 0.25) is 11.9 Å². The number of aryl methyl sites for hydroxylation is 1. The van der Waals surface area contributed by atoms with Gasteiger partial charge in [0.1, 0.15) is 5.82 Å². The summed E-state index contributed by atoms with van der Waals surface area (Å²) in [6.45, 7) is 8.14. The van der Waals surface area contributed by atoms with Crippen LogP contribution in [0.5, 0.6) is 0 Å². The Bertz CT molecular complexity index is 1090. The van der Waals surface area contributed by atoms with Gasteiger partial charge in [-0.15, -0.1) is 0 Å². The van der Waals surface area contributed by atoms with Gasteiger partial charge in [-0.1, -0.05) is 32.0 Å². The van der Waals surface area contributed by atoms with Crippen LogP contribution in [0.3, 0.4) is 0 Å². The minimum atomic E-state index is 0.582. The molecule has 0 spiro atoms. The Labute approximate surface area is 165 Å². The molecule has 2 aromatic carbocycles. The molecule has 0 saturated carbocycles. The molecule has 6 nitrogen and oxygen atoms in total. The summed E-state index contributed by atoms with van der Waals surface area (Å²) >= 11 is 0. The van der Waals surface area contributed by atoms with Gasteiger partial charge >= 0.3 is 0 Å². The van der Waals surface area contributed by atoms with E-state index in [1.807, 2.05) is 19.1 Å². The van der Waals surface area contributed by atoms with Crippen LogP contribution in [0.25, 0.3) is 21.8 Å². The SMILES string of the molecule is CCCN(CCC)c1nc(C)nc(Nc2ccc3[nH]c4ccccc4c3c2)n1. The van der Waals surface area contributed by atoms with Gasteiger partial charge in [-0.3, -0.25) is 0 Å². The lowest BCUT2D eigenvalue weighted by Gasteiger charge is -2.21. The highest BCUT2D eigenvalue weighted by Gasteiger charge is 2.12. The Morgan fingerprint density at radius 3 is 2.43 bits per heavy atom. The second-order valence-corrected chi connectivity index (χ2v) is 7.05. The molecule has 0 atom stereocenters. The van der Waals surface area contributed by atoms with Crippen LogP contribution in [0.2, 0.25) is 0 Å². The smallest absolute Gasteiger partial charge is 0.232 e. The molecule has 0 unspecified atom stereocenters. The molecule has 2 heterocycles. The van der Waals surface area contributed by atoms with Crippen LogP contribution in [0, 0.1) is 6.92 Å². The molecule has 0 amide bonds. The zero-order chi connectivity index (χ0) is 19.5. The summed E-state index contributed by atoms with van der Waals surface area (Å²) in [5.74, 6) is 2.05. The Kier molecular flexibility index (Phi) is 5.10. The van der Waals surface area contributed by atoms with Crippen LogP contribution in [0.1, 0.15) is 32.5 Å². The Hall–Kier alpha value is -3.15. The summed E-state index contributed by atoms with van der Waals surface area (Å²) < 4.78 is 0. The van der Waals surface area contributed by atoms with E-state index in [9.17, 15) is 0 Å². The molecule has 2 aromatic heterocycles. The van der Waals surface area contributed by atoms with E-state index in [1.165, 1.54) is 10.8 Å². The largest absolute Gasteiger partial charge is 0.355 e. The van der Waals surface area contributed by atoms with E-state index in [0.717, 1.165) is 54.4 Å². The maximum Gasteiger partial charge on any atom is 0.232 e. The lowest BCUT2D eigenvalue weighted by Crippen LogP contribution is -2.27. The van der Waals surface area contributed by atoms with Crippen LogP contribution in [0.4, 0.5) is 17.6 Å². The van der Waals surface area contributed by atoms with Crippen LogP contribution >= 0.6 is 0 Å². The van der Waals surface area contributed by atoms with Gasteiger partial charge in [0.15, 0.2) is 0 Å². The topological polar surface area (TPSA) is 69.7 Å². The van der Waals surface area contributed by atoms with Gasteiger partial charge < -0.3 is 15.2 Å². The monoisotopic (exact) mass is 374 g/mol. The first kappa shape index (κ1) is 18.2. The third kappa shape index (κ3) is 3.63. The molecule has 0 radical (unpaired) electrons. The van der Waals surface area contributed by atoms with E-state index >= 15 is 0 Å². The molecule has 0 bridgehead atoms. The van der Waals surface area contributed by atoms with Crippen molar-refractivity contribution in [1.29, 1.82) is 0 Å². The number of nitrogens with one attached hydrogen (secondary N) is 2. The Morgan fingerprint density at radius 1 is 0.893 bits per heavy atom. The number of benzene rings is 2. The third-order valence-electron chi connectivity index (χ3n) is 4.77. The fraction of sp³-hybridized carbons (Fsp3) is 0.318. The summed E-state index contributed by atoms with van der Waals surface area (Å²) in [6.07, 6.45) is 2.12. The van der Waals surface area contributed by atoms with Gasteiger partial charge in [-0.2, -0.15) is 15.0 Å². The van der Waals surface area contributed by atoms with E-state index in [-0.39, 0.29) is 0 Å². The van der Waals surface area contributed by atoms with Crippen LogP contribution in [-0.2, 0) is 0 Å². The first-order chi connectivity index (χ1) is 13.7. The van der Waals surface area contributed by atoms with Crippen molar-refractivity contribution in [2.24, 2.45) is 0 Å². The van der Waals surface area contributed by atoms with E-state index in [0.29, 0.717) is 5.95 Å². The van der Waals surface area contributed by atoms with Crippen molar-refractivity contribution in [2.75, 3.05) is 23.3 Å². The lowest BCUT2D eigenvalue weighted by atomic mass is 10.1. The van der Waals surface area contributed by atoms with Crippen molar-refractivity contribution in [2.45, 2.75) is 33.6 Å². The average Bonchev–Trinajstić information content (AvgIpc) is 3.05. The van der Waals surface area contributed by atoms with Gasteiger partial charge in [0.25, 0.3) is 0 Å². The van der Waals surface area contributed by atoms with E-state index < -0.39 is 0 Å². The highest BCUT2D eigenvalue weighted by molar-refractivity contribution is 6.08. The number of nitrogens with zero attached hydrogens (tertiary/aromatic N) is 4. The number of fused-ring (bicyclic) bond motifs is 3. The number of anilines is 3. The summed E-state index contributed by atoms with van der Waals surface area (Å²) in [7, 11) is 0. The van der Waals surface area contributed by atoms with E-state index in [4.69, 9.17) is 0 Å². The number of aromatic nitrogens is 4. The predicted molar refractivity (Wildman–Crippen MR) is 116 cm³/mol. The Morgan fingerprint density at radius 2 is 1.64 bits per heavy atom. The third-order valence-corrected chi connectivity index (χ3v) is 4.77. The van der Waals surface area contributed by atoms with Crippen LogP contribution in [-0.4, -0.2) is 33.0 Å². The van der Waals surface area contributed by atoms with Gasteiger partial charge in [0, 0.05) is 40.6 Å². The van der Waals surface area contributed by atoms with Crippen molar-refractivity contribution in [3.05, 3.63) is 48.3 Å². The van der Waals surface area contributed by atoms with Gasteiger partial charge in [-0.05, 0) is 44.0 Å². The molecule has 0 fully saturated rings. The van der Waals surface area contributed by atoms with Crippen molar-refractivity contribution in [3.63, 3.8) is 0 Å². The molecular formula is C22H26N6. The molecule has 2 N–H and O–H groups in total. The highest BCUT2D eigenvalue weighted by atomic mass is 15.3. The highest BCUT2D eigenvalue weighted by Crippen LogP contribution is 2.28. The summed E-state index contributed by atoms with van der Waals surface area (Å²) in [4.78, 5) is 19.4. The van der Waals surface area contributed by atoms with Crippen molar-refractivity contribution >= 4 is 39.4 Å². The van der Waals surface area contributed by atoms with Crippen molar-refractivity contribution in [1.82, 2.24) is 19.9 Å². The zero-order valence-corrected chi connectivity index (χ0v) is 16.7. The number of para-hydroxylation sites is 1. The predicted octanol–water partition coefficient (Wildman–Crippen LogP) is 5.18. The van der Waals surface area contributed by atoms with Crippen LogP contribution in [0.15, 0.2) is 42.5 Å². The minimum absolute atomic E-state index is 0.582. The van der Waals surface area contributed by atoms with Gasteiger partial charge in [0.05, 0.1) is 0 Å². The van der Waals surface area contributed by atoms with Crippen molar-refractivity contribution < 1.29 is 0 Å².